The lowest BCUT2D eigenvalue weighted by Gasteiger charge is -2.22. The summed E-state index contributed by atoms with van der Waals surface area (Å²) >= 11 is 0. The molecule has 0 aromatic rings. The van der Waals surface area contributed by atoms with Gasteiger partial charge in [0.05, 0.1) is 12.0 Å². The Kier molecular flexibility index (Phi) is 4.71. The number of likely N-dealkylation sites (tertiary alicyclic amines) is 1. The molecule has 1 fully saturated rings. The Morgan fingerprint density at radius 2 is 2.16 bits per heavy atom. The van der Waals surface area contributed by atoms with Gasteiger partial charge in [-0.25, -0.2) is 4.79 Å². The van der Waals surface area contributed by atoms with Gasteiger partial charge in [0.1, 0.15) is 6.04 Å². The average Bonchev–Trinajstić information content (AvgIpc) is 2.57. The summed E-state index contributed by atoms with van der Waals surface area (Å²) in [7, 11) is 1.65. The fourth-order valence-electron chi connectivity index (χ4n) is 1.82. The van der Waals surface area contributed by atoms with Crippen LogP contribution in [-0.4, -0.2) is 64.8 Å². The maximum absolute atomic E-state index is 11.5. The van der Waals surface area contributed by atoms with Crippen LogP contribution in [0.15, 0.2) is 0 Å². The molecule has 0 bridgehead atoms. The van der Waals surface area contributed by atoms with E-state index < -0.39 is 30.1 Å². The summed E-state index contributed by atoms with van der Waals surface area (Å²) in [4.78, 5) is 35.1. The number of carbonyl (C=O) groups excluding carboxylic acids is 2. The largest absolute Gasteiger partial charge is 0.481 e. The van der Waals surface area contributed by atoms with Crippen molar-refractivity contribution in [3.05, 3.63) is 0 Å². The topological polar surface area (TPSA) is 119 Å². The molecule has 0 spiro atoms. The second-order valence-electron chi connectivity index (χ2n) is 5.00. The van der Waals surface area contributed by atoms with E-state index in [-0.39, 0.29) is 12.5 Å². The summed E-state index contributed by atoms with van der Waals surface area (Å²) in [5.74, 6) is -1.31. The lowest BCUT2D eigenvalue weighted by atomic mass is 10.0. The minimum Gasteiger partial charge on any atom is -0.481 e. The molecule has 8 heteroatoms. The van der Waals surface area contributed by atoms with E-state index in [4.69, 9.17) is 5.11 Å². The first-order chi connectivity index (χ1) is 8.71. The molecule has 1 heterocycles. The predicted molar refractivity (Wildman–Crippen MR) is 65.5 cm³/mol. The maximum atomic E-state index is 11.5. The van der Waals surface area contributed by atoms with Gasteiger partial charge in [0.2, 0.25) is 5.91 Å². The molecular weight excluding hydrogens is 254 g/mol. The monoisotopic (exact) mass is 273 g/mol. The summed E-state index contributed by atoms with van der Waals surface area (Å²) < 4.78 is 0. The van der Waals surface area contributed by atoms with Crippen LogP contribution in [0.4, 0.5) is 4.79 Å². The molecule has 1 rings (SSSR count). The second kappa shape index (κ2) is 5.87. The minimum atomic E-state index is -1.53. The zero-order valence-corrected chi connectivity index (χ0v) is 11.0. The molecule has 0 aliphatic carbocycles. The molecule has 2 atom stereocenters. The van der Waals surface area contributed by atoms with E-state index in [9.17, 15) is 19.5 Å². The SMILES string of the molecule is CN1CCC(NC(=O)NCC(C)(O)CC(=O)O)C1=O. The Hall–Kier alpha value is -1.83. The summed E-state index contributed by atoms with van der Waals surface area (Å²) in [6.07, 6.45) is 0.0622. The van der Waals surface area contributed by atoms with E-state index in [2.05, 4.69) is 10.6 Å². The van der Waals surface area contributed by atoms with E-state index in [1.165, 1.54) is 11.8 Å². The van der Waals surface area contributed by atoms with E-state index in [0.29, 0.717) is 13.0 Å². The van der Waals surface area contributed by atoms with Crippen molar-refractivity contribution in [1.29, 1.82) is 0 Å². The van der Waals surface area contributed by atoms with Crippen LogP contribution in [0.1, 0.15) is 19.8 Å². The third-order valence-corrected chi connectivity index (χ3v) is 2.89. The molecule has 8 nitrogen and oxygen atoms in total. The Bertz CT molecular complexity index is 383. The molecule has 1 aliphatic heterocycles. The number of nitrogens with one attached hydrogen (secondary N) is 2. The number of rotatable bonds is 5. The van der Waals surface area contributed by atoms with Gasteiger partial charge in [0.25, 0.3) is 0 Å². The van der Waals surface area contributed by atoms with Crippen LogP contribution >= 0.6 is 0 Å². The summed E-state index contributed by atoms with van der Waals surface area (Å²) in [5.41, 5.74) is -1.53. The van der Waals surface area contributed by atoms with Crippen molar-refractivity contribution in [1.82, 2.24) is 15.5 Å². The van der Waals surface area contributed by atoms with Gasteiger partial charge in [-0.05, 0) is 13.3 Å². The predicted octanol–water partition coefficient (Wildman–Crippen LogP) is -1.26. The number of amides is 3. The van der Waals surface area contributed by atoms with Gasteiger partial charge in [-0.15, -0.1) is 0 Å². The van der Waals surface area contributed by atoms with Crippen molar-refractivity contribution in [2.75, 3.05) is 20.1 Å². The fourth-order valence-corrected chi connectivity index (χ4v) is 1.82. The molecule has 4 N–H and O–H groups in total. The quantitative estimate of drug-likeness (QED) is 0.498. The van der Waals surface area contributed by atoms with Crippen molar-refractivity contribution < 1.29 is 24.6 Å². The molecule has 0 saturated carbocycles. The van der Waals surface area contributed by atoms with Crippen molar-refractivity contribution >= 4 is 17.9 Å². The Morgan fingerprint density at radius 1 is 1.53 bits per heavy atom. The van der Waals surface area contributed by atoms with E-state index in [0.717, 1.165) is 0 Å². The molecule has 3 amide bonds. The van der Waals surface area contributed by atoms with Gasteiger partial charge in [-0.1, -0.05) is 0 Å². The molecule has 1 saturated heterocycles. The Morgan fingerprint density at radius 3 is 2.63 bits per heavy atom. The van der Waals surface area contributed by atoms with Crippen molar-refractivity contribution in [2.45, 2.75) is 31.4 Å². The number of nitrogens with zero attached hydrogens (tertiary/aromatic N) is 1. The zero-order chi connectivity index (χ0) is 14.6. The van der Waals surface area contributed by atoms with Crippen molar-refractivity contribution in [3.63, 3.8) is 0 Å². The molecule has 0 aromatic heterocycles. The van der Waals surface area contributed by atoms with Crippen LogP contribution < -0.4 is 10.6 Å². The first-order valence-electron chi connectivity index (χ1n) is 5.95. The van der Waals surface area contributed by atoms with E-state index in [1.807, 2.05) is 0 Å². The number of aliphatic hydroxyl groups is 1. The number of hydrogen-bond donors (Lipinski definition) is 4. The third-order valence-electron chi connectivity index (χ3n) is 2.89. The molecule has 0 aromatic carbocycles. The smallest absolute Gasteiger partial charge is 0.315 e. The Balaban J connectivity index is 2.36. The van der Waals surface area contributed by atoms with Gasteiger partial charge >= 0.3 is 12.0 Å². The van der Waals surface area contributed by atoms with Crippen LogP contribution in [0.2, 0.25) is 0 Å². The van der Waals surface area contributed by atoms with Crippen LogP contribution in [0, 0.1) is 0 Å². The zero-order valence-electron chi connectivity index (χ0n) is 11.0. The van der Waals surface area contributed by atoms with Crippen LogP contribution in [0.5, 0.6) is 0 Å². The number of likely N-dealkylation sites (N-methyl/N-ethyl adjacent to an activating group) is 1. The highest BCUT2D eigenvalue weighted by Crippen LogP contribution is 2.09. The van der Waals surface area contributed by atoms with Gasteiger partial charge < -0.3 is 25.7 Å². The van der Waals surface area contributed by atoms with Crippen molar-refractivity contribution in [2.24, 2.45) is 0 Å². The molecular formula is C11H19N3O5. The highest BCUT2D eigenvalue weighted by molar-refractivity contribution is 5.88. The number of carboxylic acid groups (broad SMARTS) is 1. The van der Waals surface area contributed by atoms with Gasteiger partial charge in [-0.2, -0.15) is 0 Å². The second-order valence-corrected chi connectivity index (χ2v) is 5.00. The van der Waals surface area contributed by atoms with Crippen LogP contribution in [0.25, 0.3) is 0 Å². The van der Waals surface area contributed by atoms with Crippen LogP contribution in [0.3, 0.4) is 0 Å². The molecule has 1 aliphatic rings. The average molecular weight is 273 g/mol. The molecule has 19 heavy (non-hydrogen) atoms. The van der Waals surface area contributed by atoms with Crippen molar-refractivity contribution in [3.8, 4) is 0 Å². The lowest BCUT2D eigenvalue weighted by molar-refractivity contribution is -0.141. The normalized spacial score (nSPS) is 21.9. The first-order valence-corrected chi connectivity index (χ1v) is 5.95. The molecule has 108 valence electrons. The third kappa shape index (κ3) is 4.74. The first kappa shape index (κ1) is 15.2. The van der Waals surface area contributed by atoms with Gasteiger partial charge in [0.15, 0.2) is 0 Å². The van der Waals surface area contributed by atoms with Gasteiger partial charge in [-0.3, -0.25) is 9.59 Å². The highest BCUT2D eigenvalue weighted by atomic mass is 16.4. The fraction of sp³-hybridized carbons (Fsp3) is 0.727. The highest BCUT2D eigenvalue weighted by Gasteiger charge is 2.31. The number of hydrogen-bond acceptors (Lipinski definition) is 4. The standard InChI is InChI=1S/C11H19N3O5/c1-11(19,5-8(15)16)6-12-10(18)13-7-3-4-14(2)9(7)17/h7,19H,3-6H2,1-2H3,(H,15,16)(H2,12,13,18). The van der Waals surface area contributed by atoms with E-state index >= 15 is 0 Å². The summed E-state index contributed by atoms with van der Waals surface area (Å²) in [6.45, 7) is 1.69. The number of urea groups is 1. The molecule has 2 unspecified atom stereocenters. The maximum Gasteiger partial charge on any atom is 0.315 e. The summed E-state index contributed by atoms with van der Waals surface area (Å²) in [6, 6.07) is -1.16. The number of aliphatic carboxylic acids is 1. The molecule has 0 radical (unpaired) electrons. The number of carboxylic acids is 1. The number of carbonyl (C=O) groups is 3. The summed E-state index contributed by atoms with van der Waals surface area (Å²) in [5, 5.41) is 23.1. The minimum absolute atomic E-state index is 0.160. The lowest BCUT2D eigenvalue weighted by Crippen LogP contribution is -2.50. The Labute approximate surface area is 110 Å². The van der Waals surface area contributed by atoms with Crippen LogP contribution in [-0.2, 0) is 9.59 Å². The van der Waals surface area contributed by atoms with Gasteiger partial charge in [0, 0.05) is 20.1 Å². The van der Waals surface area contributed by atoms with E-state index in [1.54, 1.807) is 7.05 Å².